The highest BCUT2D eigenvalue weighted by Gasteiger charge is 2.14. The van der Waals surface area contributed by atoms with Gasteiger partial charge in [0.1, 0.15) is 5.82 Å². The molecule has 1 aromatic rings. The Labute approximate surface area is 148 Å². The van der Waals surface area contributed by atoms with Crippen LogP contribution in [-0.2, 0) is 11.3 Å². The van der Waals surface area contributed by atoms with Gasteiger partial charge in [-0.3, -0.25) is 0 Å². The van der Waals surface area contributed by atoms with Gasteiger partial charge in [0, 0.05) is 27.2 Å². The molecule has 0 bridgehead atoms. The highest BCUT2D eigenvalue weighted by Crippen LogP contribution is 2.18. The van der Waals surface area contributed by atoms with Gasteiger partial charge in [-0.15, -0.1) is 24.0 Å². The number of hydrogen-bond donors (Lipinski definition) is 2. The van der Waals surface area contributed by atoms with Gasteiger partial charge in [-0.2, -0.15) is 0 Å². The number of nitrogens with one attached hydrogen (secondary N) is 1. The quantitative estimate of drug-likeness (QED) is 0.434. The van der Waals surface area contributed by atoms with Crippen molar-refractivity contribution >= 4 is 35.6 Å². The molecule has 1 atom stereocenters. The molecule has 1 aromatic carbocycles. The molecular weight excluding hydrogens is 398 g/mol. The Hall–Kier alpha value is -1.09. The molecule has 0 radical (unpaired) electrons. The van der Waals surface area contributed by atoms with Crippen LogP contribution in [0.5, 0.6) is 0 Å². The van der Waals surface area contributed by atoms with E-state index in [0.717, 1.165) is 25.0 Å². The van der Waals surface area contributed by atoms with Crippen molar-refractivity contribution in [2.24, 2.45) is 10.7 Å². The molecule has 0 spiro atoms. The van der Waals surface area contributed by atoms with Crippen molar-refractivity contribution in [2.45, 2.75) is 25.5 Å². The second-order valence-electron chi connectivity index (χ2n) is 5.40. The van der Waals surface area contributed by atoms with Crippen molar-refractivity contribution < 1.29 is 9.13 Å². The van der Waals surface area contributed by atoms with Crippen molar-refractivity contribution in [3.05, 3.63) is 29.6 Å². The first-order valence-corrected chi connectivity index (χ1v) is 7.17. The lowest BCUT2D eigenvalue weighted by atomic mass is 10.2. The molecule has 1 aliphatic heterocycles. The highest BCUT2D eigenvalue weighted by atomic mass is 127. The maximum absolute atomic E-state index is 13.8. The zero-order chi connectivity index (χ0) is 15.2. The standard InChI is InChI=1S/C15H23FN4O.HI/c1-20(2)14-6-5-11(8-13(14)16)9-18-15(17)19-10-12-4-3-7-21-12;/h5-6,8,12H,3-4,7,9-10H2,1-2H3,(H3,17,18,19);1H. The summed E-state index contributed by atoms with van der Waals surface area (Å²) in [6, 6.07) is 5.09. The third kappa shape index (κ3) is 5.60. The summed E-state index contributed by atoms with van der Waals surface area (Å²) in [7, 11) is 3.62. The Balaban J connectivity index is 0.00000242. The first-order valence-electron chi connectivity index (χ1n) is 7.17. The van der Waals surface area contributed by atoms with Crippen molar-refractivity contribution in [1.82, 2.24) is 5.32 Å². The molecule has 3 N–H and O–H groups in total. The largest absolute Gasteiger partial charge is 0.376 e. The fraction of sp³-hybridized carbons (Fsp3) is 0.533. The molecule has 0 amide bonds. The molecule has 0 aromatic heterocycles. The van der Waals surface area contributed by atoms with E-state index in [1.807, 2.05) is 20.2 Å². The Morgan fingerprint density at radius 2 is 2.27 bits per heavy atom. The van der Waals surface area contributed by atoms with Gasteiger partial charge in [0.2, 0.25) is 0 Å². The molecule has 7 heteroatoms. The number of benzene rings is 1. The molecule has 22 heavy (non-hydrogen) atoms. The molecular formula is C15H24FIN4O. The number of rotatable bonds is 5. The Morgan fingerprint density at radius 3 is 2.86 bits per heavy atom. The summed E-state index contributed by atoms with van der Waals surface area (Å²) in [5.74, 6) is 0.112. The summed E-state index contributed by atoms with van der Waals surface area (Å²) in [4.78, 5) is 5.95. The monoisotopic (exact) mass is 422 g/mol. The fourth-order valence-corrected chi connectivity index (χ4v) is 2.27. The maximum atomic E-state index is 13.8. The minimum absolute atomic E-state index is 0. The van der Waals surface area contributed by atoms with E-state index in [-0.39, 0.29) is 35.9 Å². The lowest BCUT2D eigenvalue weighted by molar-refractivity contribution is 0.114. The second kappa shape index (κ2) is 9.14. The minimum Gasteiger partial charge on any atom is -0.376 e. The van der Waals surface area contributed by atoms with Gasteiger partial charge < -0.3 is 20.7 Å². The van der Waals surface area contributed by atoms with Gasteiger partial charge in [0.25, 0.3) is 0 Å². The van der Waals surface area contributed by atoms with E-state index in [2.05, 4.69) is 10.3 Å². The lowest BCUT2D eigenvalue weighted by Gasteiger charge is -2.14. The molecule has 1 heterocycles. The van der Waals surface area contributed by atoms with Gasteiger partial charge >= 0.3 is 0 Å². The summed E-state index contributed by atoms with van der Waals surface area (Å²) in [5.41, 5.74) is 7.15. The SMILES string of the molecule is CN(C)c1ccc(CN=C(N)NCC2CCCO2)cc1F.I. The van der Waals surface area contributed by atoms with Crippen LogP contribution in [0.1, 0.15) is 18.4 Å². The van der Waals surface area contributed by atoms with Crippen molar-refractivity contribution in [2.75, 3.05) is 32.1 Å². The molecule has 1 fully saturated rings. The van der Waals surface area contributed by atoms with Crippen LogP contribution in [0, 0.1) is 5.82 Å². The minimum atomic E-state index is -0.251. The first-order chi connectivity index (χ1) is 10.1. The van der Waals surface area contributed by atoms with Crippen LogP contribution >= 0.6 is 24.0 Å². The van der Waals surface area contributed by atoms with E-state index >= 15 is 0 Å². The molecule has 0 aliphatic carbocycles. The Morgan fingerprint density at radius 1 is 1.50 bits per heavy atom. The fourth-order valence-electron chi connectivity index (χ4n) is 2.27. The number of hydrogen-bond acceptors (Lipinski definition) is 3. The molecule has 0 saturated carbocycles. The number of anilines is 1. The van der Waals surface area contributed by atoms with Crippen LogP contribution in [0.25, 0.3) is 0 Å². The molecule has 1 unspecified atom stereocenters. The summed E-state index contributed by atoms with van der Waals surface area (Å²) in [6.45, 7) is 1.85. The topological polar surface area (TPSA) is 62.9 Å². The second-order valence-corrected chi connectivity index (χ2v) is 5.40. The van der Waals surface area contributed by atoms with Gasteiger partial charge in [-0.05, 0) is 30.5 Å². The maximum Gasteiger partial charge on any atom is 0.189 e. The summed E-state index contributed by atoms with van der Waals surface area (Å²) >= 11 is 0. The average molecular weight is 422 g/mol. The smallest absolute Gasteiger partial charge is 0.189 e. The van der Waals surface area contributed by atoms with Crippen molar-refractivity contribution in [3.63, 3.8) is 0 Å². The van der Waals surface area contributed by atoms with Gasteiger partial charge in [-0.1, -0.05) is 6.07 Å². The summed E-state index contributed by atoms with van der Waals surface area (Å²) in [6.07, 6.45) is 2.37. The van der Waals surface area contributed by atoms with Crippen LogP contribution in [0.15, 0.2) is 23.2 Å². The third-order valence-corrected chi connectivity index (χ3v) is 3.46. The average Bonchev–Trinajstić information content (AvgIpc) is 2.95. The number of ether oxygens (including phenoxy) is 1. The van der Waals surface area contributed by atoms with Crippen LogP contribution in [0.4, 0.5) is 10.1 Å². The van der Waals surface area contributed by atoms with Crippen molar-refractivity contribution in [1.29, 1.82) is 0 Å². The molecule has 1 aliphatic rings. The van der Waals surface area contributed by atoms with E-state index in [1.54, 1.807) is 11.0 Å². The number of guanidine groups is 1. The van der Waals surface area contributed by atoms with Crippen LogP contribution in [0.2, 0.25) is 0 Å². The van der Waals surface area contributed by atoms with E-state index < -0.39 is 0 Å². The van der Waals surface area contributed by atoms with Crippen LogP contribution in [0.3, 0.4) is 0 Å². The van der Waals surface area contributed by atoms with E-state index in [0.29, 0.717) is 24.7 Å². The predicted octanol–water partition coefficient (Wildman–Crippen LogP) is 2.09. The number of halogens is 2. The lowest BCUT2D eigenvalue weighted by Crippen LogP contribution is -2.37. The number of aliphatic imine (C=N–C) groups is 1. The normalized spacial score (nSPS) is 18.0. The van der Waals surface area contributed by atoms with Crippen LogP contribution in [-0.4, -0.2) is 39.3 Å². The molecule has 5 nitrogen and oxygen atoms in total. The van der Waals surface area contributed by atoms with E-state index in [4.69, 9.17) is 10.5 Å². The molecule has 2 rings (SSSR count). The van der Waals surface area contributed by atoms with Crippen molar-refractivity contribution in [3.8, 4) is 0 Å². The summed E-state index contributed by atoms with van der Waals surface area (Å²) < 4.78 is 19.3. The van der Waals surface area contributed by atoms with Crippen LogP contribution < -0.4 is 16.0 Å². The Kier molecular flexibility index (Phi) is 7.88. The first kappa shape index (κ1) is 19.0. The zero-order valence-electron chi connectivity index (χ0n) is 13.0. The van der Waals surface area contributed by atoms with Gasteiger partial charge in [0.05, 0.1) is 18.3 Å². The predicted molar refractivity (Wildman–Crippen MR) is 98.4 cm³/mol. The van der Waals surface area contributed by atoms with E-state index in [1.165, 1.54) is 6.07 Å². The third-order valence-electron chi connectivity index (χ3n) is 3.46. The number of nitrogens with two attached hydrogens (primary N) is 1. The van der Waals surface area contributed by atoms with Gasteiger partial charge in [0.15, 0.2) is 5.96 Å². The van der Waals surface area contributed by atoms with E-state index in [9.17, 15) is 4.39 Å². The highest BCUT2D eigenvalue weighted by molar-refractivity contribution is 14.0. The zero-order valence-corrected chi connectivity index (χ0v) is 15.3. The Bertz CT molecular complexity index is 504. The summed E-state index contributed by atoms with van der Waals surface area (Å²) in [5, 5.41) is 3.04. The number of nitrogens with zero attached hydrogens (tertiary/aromatic N) is 2. The van der Waals surface area contributed by atoms with Gasteiger partial charge in [-0.25, -0.2) is 9.38 Å². The molecule has 1 saturated heterocycles. The molecule has 124 valence electrons.